The van der Waals surface area contributed by atoms with Gasteiger partial charge in [0.25, 0.3) is 0 Å². The Bertz CT molecular complexity index is 458. The number of Topliss-reactive ketones (excluding diaryl/α,β-unsaturated/α-hetero) is 1. The van der Waals surface area contributed by atoms with Gasteiger partial charge in [-0.05, 0) is 31.2 Å². The first-order valence-corrected chi connectivity index (χ1v) is 5.19. The van der Waals surface area contributed by atoms with Gasteiger partial charge in [-0.1, -0.05) is 0 Å². The van der Waals surface area contributed by atoms with E-state index in [0.717, 1.165) is 5.12 Å². The number of benzene rings is 1. The molecule has 0 aliphatic heterocycles. The first-order chi connectivity index (χ1) is 8.45. The summed E-state index contributed by atoms with van der Waals surface area (Å²) < 4.78 is 0. The fraction of sp³-hybridized carbons (Fsp3) is 0.273. The zero-order valence-corrected chi connectivity index (χ0v) is 10.2. The molecule has 0 radical (unpaired) electrons. The van der Waals surface area contributed by atoms with Crippen molar-refractivity contribution in [3.05, 3.63) is 34.7 Å². The summed E-state index contributed by atoms with van der Waals surface area (Å²) in [6.45, 7) is 1.15. The number of carbonyl (C=O) groups excluding carboxylic acids is 2. The van der Waals surface area contributed by atoms with Crippen molar-refractivity contribution in [2.75, 3.05) is 18.6 Å². The van der Waals surface area contributed by atoms with Crippen LogP contribution in [-0.2, 0) is 4.79 Å². The maximum absolute atomic E-state index is 11.1. The summed E-state index contributed by atoms with van der Waals surface area (Å²) in [7, 11) is 1.56. The number of rotatable bonds is 6. The van der Waals surface area contributed by atoms with Crippen LogP contribution < -0.4 is 10.7 Å². The average molecular weight is 250 g/mol. The largest absolute Gasteiger partial charge is 0.368 e. The minimum atomic E-state index is -0.665. The van der Waals surface area contributed by atoms with Crippen LogP contribution in [0.1, 0.15) is 17.3 Å². The predicted molar refractivity (Wildman–Crippen MR) is 66.5 cm³/mol. The summed E-state index contributed by atoms with van der Waals surface area (Å²) in [6.07, 6.45) is 0. The van der Waals surface area contributed by atoms with Crippen LogP contribution in [0.3, 0.4) is 0 Å². The molecule has 0 aromatic heterocycles. The second kappa shape index (κ2) is 5.76. The molecular formula is C11H14N4O3. The Morgan fingerprint density at radius 2 is 1.83 bits per heavy atom. The van der Waals surface area contributed by atoms with Gasteiger partial charge in [-0.15, -0.1) is 4.91 Å². The lowest BCUT2D eigenvalue weighted by Gasteiger charge is -2.26. The van der Waals surface area contributed by atoms with Gasteiger partial charge in [0.15, 0.2) is 5.78 Å². The van der Waals surface area contributed by atoms with Gasteiger partial charge in [0, 0.05) is 12.6 Å². The molecule has 0 unspecified atom stereocenters. The number of nitroso groups, excluding NO2 is 1. The smallest absolute Gasteiger partial charge is 0.241 e. The fourth-order valence-electron chi connectivity index (χ4n) is 1.37. The van der Waals surface area contributed by atoms with Gasteiger partial charge in [0.05, 0.1) is 11.0 Å². The number of hydrogen-bond donors (Lipinski definition) is 1. The van der Waals surface area contributed by atoms with Gasteiger partial charge >= 0.3 is 0 Å². The first-order valence-electron chi connectivity index (χ1n) is 5.19. The lowest BCUT2D eigenvalue weighted by atomic mass is 10.1. The van der Waals surface area contributed by atoms with Crippen molar-refractivity contribution in [1.82, 2.24) is 5.12 Å². The van der Waals surface area contributed by atoms with Crippen LogP contribution in [0.5, 0.6) is 0 Å². The summed E-state index contributed by atoms with van der Waals surface area (Å²) in [5.74, 6) is -0.714. The number of nitrogens with zero attached hydrogens (tertiary/aromatic N) is 3. The average Bonchev–Trinajstić information content (AvgIpc) is 2.35. The molecule has 0 fully saturated rings. The highest BCUT2D eigenvalue weighted by molar-refractivity contribution is 5.94. The fourth-order valence-corrected chi connectivity index (χ4v) is 1.37. The van der Waals surface area contributed by atoms with E-state index in [0.29, 0.717) is 11.3 Å². The molecule has 0 aliphatic carbocycles. The Morgan fingerprint density at radius 1 is 1.28 bits per heavy atom. The maximum Gasteiger partial charge on any atom is 0.241 e. The summed E-state index contributed by atoms with van der Waals surface area (Å²) in [5.41, 5.74) is 6.17. The molecule has 0 bridgehead atoms. The van der Waals surface area contributed by atoms with E-state index in [9.17, 15) is 14.5 Å². The van der Waals surface area contributed by atoms with E-state index in [-0.39, 0.29) is 12.3 Å². The van der Waals surface area contributed by atoms with Gasteiger partial charge in [-0.25, -0.2) is 0 Å². The summed E-state index contributed by atoms with van der Waals surface area (Å²) in [5, 5.41) is 4.97. The van der Waals surface area contributed by atoms with Crippen molar-refractivity contribution in [1.29, 1.82) is 0 Å². The number of hydrazine groups is 1. The molecule has 1 rings (SSSR count). The highest BCUT2D eigenvalue weighted by Crippen LogP contribution is 2.16. The lowest BCUT2D eigenvalue weighted by molar-refractivity contribution is -0.119. The van der Waals surface area contributed by atoms with E-state index >= 15 is 0 Å². The van der Waals surface area contributed by atoms with E-state index in [1.807, 2.05) is 0 Å². The van der Waals surface area contributed by atoms with Crippen molar-refractivity contribution in [3.63, 3.8) is 0 Å². The maximum atomic E-state index is 11.1. The molecule has 0 saturated carbocycles. The first kappa shape index (κ1) is 13.6. The SMILES string of the molecule is CC(=O)c1ccc(N(C)N(CC(N)=O)N=O)cc1. The molecule has 7 heteroatoms. The van der Waals surface area contributed by atoms with E-state index in [1.165, 1.54) is 11.9 Å². The molecule has 1 aromatic rings. The van der Waals surface area contributed by atoms with Crippen molar-refractivity contribution >= 4 is 17.4 Å². The number of hydrogen-bond acceptors (Lipinski definition) is 5. The van der Waals surface area contributed by atoms with Crippen molar-refractivity contribution in [3.8, 4) is 0 Å². The van der Waals surface area contributed by atoms with Gasteiger partial charge < -0.3 is 5.73 Å². The number of carbonyl (C=O) groups is 2. The van der Waals surface area contributed by atoms with E-state index < -0.39 is 5.91 Å². The van der Waals surface area contributed by atoms with Gasteiger partial charge in [-0.2, -0.15) is 5.12 Å². The standard InChI is InChI=1S/C11H14N4O3/c1-8(16)9-3-5-10(6-4-9)14(2)15(13-18)7-11(12)17/h3-6H,7H2,1-2H3,(H2,12,17). The molecule has 0 atom stereocenters. The van der Waals surface area contributed by atoms with Gasteiger partial charge in [-0.3, -0.25) is 14.6 Å². The molecule has 18 heavy (non-hydrogen) atoms. The molecule has 2 N–H and O–H groups in total. The van der Waals surface area contributed by atoms with Crippen LogP contribution in [0.4, 0.5) is 5.69 Å². The molecule has 96 valence electrons. The minimum absolute atomic E-state index is 0.0493. The second-order valence-electron chi connectivity index (χ2n) is 3.71. The van der Waals surface area contributed by atoms with E-state index in [2.05, 4.69) is 5.29 Å². The highest BCUT2D eigenvalue weighted by atomic mass is 16.3. The van der Waals surface area contributed by atoms with E-state index in [4.69, 9.17) is 5.73 Å². The lowest BCUT2D eigenvalue weighted by Crippen LogP contribution is -2.41. The Hall–Kier alpha value is -2.44. The van der Waals surface area contributed by atoms with Crippen molar-refractivity contribution in [2.24, 2.45) is 11.0 Å². The Morgan fingerprint density at radius 3 is 2.22 bits per heavy atom. The molecule has 0 aliphatic rings. The van der Waals surface area contributed by atoms with E-state index in [1.54, 1.807) is 31.3 Å². The van der Waals surface area contributed by atoms with Gasteiger partial charge in [0.2, 0.25) is 5.91 Å². The zero-order valence-electron chi connectivity index (χ0n) is 10.2. The molecule has 0 heterocycles. The Labute approximate surface area is 104 Å². The summed E-state index contributed by atoms with van der Waals surface area (Å²) >= 11 is 0. The topological polar surface area (TPSA) is 96.1 Å². The third-order valence-electron chi connectivity index (χ3n) is 2.39. The number of primary amides is 1. The van der Waals surface area contributed by atoms with Crippen LogP contribution in [0.25, 0.3) is 0 Å². The number of ketones is 1. The van der Waals surface area contributed by atoms with Crippen LogP contribution >= 0.6 is 0 Å². The minimum Gasteiger partial charge on any atom is -0.368 e. The van der Waals surface area contributed by atoms with Crippen LogP contribution in [0, 0.1) is 4.91 Å². The second-order valence-corrected chi connectivity index (χ2v) is 3.71. The number of nitrogens with two attached hydrogens (primary N) is 1. The third-order valence-corrected chi connectivity index (χ3v) is 2.39. The monoisotopic (exact) mass is 250 g/mol. The molecule has 1 amide bonds. The Balaban J connectivity index is 2.88. The number of amides is 1. The molecule has 0 saturated heterocycles. The van der Waals surface area contributed by atoms with Crippen molar-refractivity contribution in [2.45, 2.75) is 6.92 Å². The molecule has 0 spiro atoms. The summed E-state index contributed by atoms with van der Waals surface area (Å²) in [6, 6.07) is 6.55. The summed E-state index contributed by atoms with van der Waals surface area (Å²) in [4.78, 5) is 32.5. The van der Waals surface area contributed by atoms with Crippen molar-refractivity contribution < 1.29 is 9.59 Å². The zero-order chi connectivity index (χ0) is 13.7. The molecule has 7 nitrogen and oxygen atoms in total. The molecular weight excluding hydrogens is 236 g/mol. The van der Waals surface area contributed by atoms with Gasteiger partial charge in [0.1, 0.15) is 6.54 Å². The predicted octanol–water partition coefficient (Wildman–Crippen LogP) is 0.709. The quantitative estimate of drug-likeness (QED) is 0.455. The van der Waals surface area contributed by atoms with Crippen LogP contribution in [0.2, 0.25) is 0 Å². The van der Waals surface area contributed by atoms with Crippen LogP contribution in [0.15, 0.2) is 29.6 Å². The highest BCUT2D eigenvalue weighted by Gasteiger charge is 2.14. The number of anilines is 1. The molecule has 1 aromatic carbocycles. The van der Waals surface area contributed by atoms with Crippen LogP contribution in [-0.4, -0.2) is 30.4 Å². The normalized spacial score (nSPS) is 9.67. The Kier molecular flexibility index (Phi) is 4.36. The third kappa shape index (κ3) is 3.27.